The summed E-state index contributed by atoms with van der Waals surface area (Å²) >= 11 is 0. The van der Waals surface area contributed by atoms with Gasteiger partial charge >= 0.3 is 0 Å². The summed E-state index contributed by atoms with van der Waals surface area (Å²) in [7, 11) is 0. The van der Waals surface area contributed by atoms with E-state index in [1.807, 2.05) is 12.1 Å². The van der Waals surface area contributed by atoms with E-state index in [4.69, 9.17) is 5.73 Å². The zero-order valence-electron chi connectivity index (χ0n) is 9.76. The molecule has 2 heteroatoms. The van der Waals surface area contributed by atoms with E-state index in [-0.39, 0.29) is 6.04 Å². The van der Waals surface area contributed by atoms with Crippen molar-refractivity contribution in [1.29, 1.82) is 0 Å². The van der Waals surface area contributed by atoms with Crippen molar-refractivity contribution in [3.05, 3.63) is 42.0 Å². The SMILES string of the molecule is N[C@@H](c1ccc2cc(O)ccc2c1)C1CCC1. The lowest BCUT2D eigenvalue weighted by Crippen LogP contribution is -2.26. The second-order valence-electron chi connectivity index (χ2n) is 5.01. The summed E-state index contributed by atoms with van der Waals surface area (Å²) in [6.45, 7) is 0. The van der Waals surface area contributed by atoms with Crippen LogP contribution in [-0.4, -0.2) is 5.11 Å². The number of rotatable bonds is 2. The number of fused-ring (bicyclic) bond motifs is 1. The number of phenolic OH excluding ortho intramolecular Hbond substituents is 1. The van der Waals surface area contributed by atoms with Gasteiger partial charge in [-0.2, -0.15) is 0 Å². The predicted molar refractivity (Wildman–Crippen MR) is 69.9 cm³/mol. The van der Waals surface area contributed by atoms with E-state index >= 15 is 0 Å². The summed E-state index contributed by atoms with van der Waals surface area (Å²) in [6.07, 6.45) is 3.84. The van der Waals surface area contributed by atoms with Crippen molar-refractivity contribution in [3.63, 3.8) is 0 Å². The summed E-state index contributed by atoms with van der Waals surface area (Å²) in [5.74, 6) is 0.970. The Labute approximate surface area is 101 Å². The van der Waals surface area contributed by atoms with Gasteiger partial charge in [0.2, 0.25) is 0 Å². The first-order valence-electron chi connectivity index (χ1n) is 6.22. The van der Waals surface area contributed by atoms with E-state index < -0.39 is 0 Å². The van der Waals surface area contributed by atoms with E-state index in [1.54, 1.807) is 12.1 Å². The highest BCUT2D eigenvalue weighted by atomic mass is 16.3. The highest BCUT2D eigenvalue weighted by molar-refractivity contribution is 5.84. The minimum Gasteiger partial charge on any atom is -0.508 e. The van der Waals surface area contributed by atoms with Gasteiger partial charge in [-0.05, 0) is 53.3 Å². The van der Waals surface area contributed by atoms with Gasteiger partial charge in [0.1, 0.15) is 5.75 Å². The van der Waals surface area contributed by atoms with E-state index in [9.17, 15) is 5.11 Å². The molecule has 0 bridgehead atoms. The van der Waals surface area contributed by atoms with Gasteiger partial charge in [0.05, 0.1) is 0 Å². The summed E-state index contributed by atoms with van der Waals surface area (Å²) in [5, 5.41) is 11.6. The Morgan fingerprint density at radius 2 is 1.76 bits per heavy atom. The molecule has 1 aliphatic rings. The molecule has 3 N–H and O–H groups in total. The summed E-state index contributed by atoms with van der Waals surface area (Å²) in [5.41, 5.74) is 7.49. The van der Waals surface area contributed by atoms with Crippen LogP contribution < -0.4 is 5.73 Å². The molecule has 0 unspecified atom stereocenters. The van der Waals surface area contributed by atoms with Crippen molar-refractivity contribution in [2.75, 3.05) is 0 Å². The van der Waals surface area contributed by atoms with Crippen LogP contribution in [0.2, 0.25) is 0 Å². The lowest BCUT2D eigenvalue weighted by molar-refractivity contribution is 0.264. The van der Waals surface area contributed by atoms with Crippen molar-refractivity contribution >= 4 is 10.8 Å². The molecule has 0 aromatic heterocycles. The van der Waals surface area contributed by atoms with Crippen molar-refractivity contribution in [2.24, 2.45) is 11.7 Å². The van der Waals surface area contributed by atoms with Crippen LogP contribution in [0.5, 0.6) is 5.75 Å². The number of hydrogen-bond acceptors (Lipinski definition) is 2. The highest BCUT2D eigenvalue weighted by Gasteiger charge is 2.25. The zero-order valence-corrected chi connectivity index (χ0v) is 9.76. The third kappa shape index (κ3) is 1.89. The third-order valence-electron chi connectivity index (χ3n) is 3.89. The molecule has 0 amide bonds. The maximum atomic E-state index is 9.42. The van der Waals surface area contributed by atoms with Crippen LogP contribution in [0.3, 0.4) is 0 Å². The first-order valence-corrected chi connectivity index (χ1v) is 6.22. The van der Waals surface area contributed by atoms with E-state index in [0.29, 0.717) is 11.7 Å². The Balaban J connectivity index is 1.98. The van der Waals surface area contributed by atoms with Crippen LogP contribution in [0.25, 0.3) is 10.8 Å². The number of aromatic hydroxyl groups is 1. The van der Waals surface area contributed by atoms with Gasteiger partial charge in [-0.25, -0.2) is 0 Å². The second kappa shape index (κ2) is 4.04. The number of hydrogen-bond donors (Lipinski definition) is 2. The average molecular weight is 227 g/mol. The molecule has 1 aliphatic carbocycles. The van der Waals surface area contributed by atoms with Gasteiger partial charge in [-0.1, -0.05) is 24.6 Å². The maximum Gasteiger partial charge on any atom is 0.116 e. The lowest BCUT2D eigenvalue weighted by Gasteiger charge is -2.31. The number of nitrogens with two attached hydrogens (primary N) is 1. The highest BCUT2D eigenvalue weighted by Crippen LogP contribution is 2.37. The zero-order chi connectivity index (χ0) is 11.8. The van der Waals surface area contributed by atoms with Crippen molar-refractivity contribution in [2.45, 2.75) is 25.3 Å². The lowest BCUT2D eigenvalue weighted by atomic mass is 9.77. The van der Waals surface area contributed by atoms with Crippen LogP contribution >= 0.6 is 0 Å². The first kappa shape index (κ1) is 10.6. The number of phenols is 1. The van der Waals surface area contributed by atoms with Gasteiger partial charge in [0, 0.05) is 6.04 Å². The van der Waals surface area contributed by atoms with E-state index in [0.717, 1.165) is 10.8 Å². The smallest absolute Gasteiger partial charge is 0.116 e. The number of benzene rings is 2. The van der Waals surface area contributed by atoms with Gasteiger partial charge in [0.15, 0.2) is 0 Å². The quantitative estimate of drug-likeness (QED) is 0.826. The molecule has 1 saturated carbocycles. The topological polar surface area (TPSA) is 46.2 Å². The van der Waals surface area contributed by atoms with Crippen LogP contribution in [0.15, 0.2) is 36.4 Å². The molecule has 0 radical (unpaired) electrons. The normalized spacial score (nSPS) is 17.9. The summed E-state index contributed by atoms with van der Waals surface area (Å²) in [4.78, 5) is 0. The van der Waals surface area contributed by atoms with Gasteiger partial charge < -0.3 is 10.8 Å². The van der Waals surface area contributed by atoms with Crippen LogP contribution in [0.1, 0.15) is 30.9 Å². The largest absolute Gasteiger partial charge is 0.508 e. The molecule has 2 nitrogen and oxygen atoms in total. The molecule has 17 heavy (non-hydrogen) atoms. The van der Waals surface area contributed by atoms with Crippen molar-refractivity contribution in [3.8, 4) is 5.75 Å². The Hall–Kier alpha value is -1.54. The molecule has 0 saturated heterocycles. The molecule has 0 spiro atoms. The second-order valence-corrected chi connectivity index (χ2v) is 5.01. The first-order chi connectivity index (χ1) is 8.24. The Kier molecular flexibility index (Phi) is 2.52. The average Bonchev–Trinajstić information content (AvgIpc) is 2.26. The van der Waals surface area contributed by atoms with Crippen molar-refractivity contribution < 1.29 is 5.11 Å². The van der Waals surface area contributed by atoms with E-state index in [2.05, 4.69) is 12.1 Å². The molecule has 1 fully saturated rings. The molecule has 3 rings (SSSR count). The molecule has 2 aromatic carbocycles. The Morgan fingerprint density at radius 1 is 1.06 bits per heavy atom. The Bertz CT molecular complexity index is 546. The van der Waals surface area contributed by atoms with Crippen LogP contribution in [-0.2, 0) is 0 Å². The van der Waals surface area contributed by atoms with Crippen molar-refractivity contribution in [1.82, 2.24) is 0 Å². The molecule has 0 aliphatic heterocycles. The summed E-state index contributed by atoms with van der Waals surface area (Å²) < 4.78 is 0. The van der Waals surface area contributed by atoms with Gasteiger partial charge in [-0.15, -0.1) is 0 Å². The molecule has 2 aromatic rings. The van der Waals surface area contributed by atoms with Gasteiger partial charge in [-0.3, -0.25) is 0 Å². The minimum absolute atomic E-state index is 0.168. The molecular formula is C15H17NO. The van der Waals surface area contributed by atoms with Gasteiger partial charge in [0.25, 0.3) is 0 Å². The molecule has 0 heterocycles. The molecule has 1 atom stereocenters. The fourth-order valence-corrected chi connectivity index (χ4v) is 2.53. The monoisotopic (exact) mass is 227 g/mol. The fraction of sp³-hybridized carbons (Fsp3) is 0.333. The molecular weight excluding hydrogens is 210 g/mol. The predicted octanol–water partition coefficient (Wildman–Crippen LogP) is 3.35. The fourth-order valence-electron chi connectivity index (χ4n) is 2.53. The standard InChI is InChI=1S/C15H17NO/c16-15(10-2-1-3-10)13-5-4-12-9-14(17)7-6-11(12)8-13/h4-10,15,17H,1-3,16H2/t15-/m1/s1. The van der Waals surface area contributed by atoms with Crippen LogP contribution in [0, 0.1) is 5.92 Å². The van der Waals surface area contributed by atoms with Crippen LogP contribution in [0.4, 0.5) is 0 Å². The maximum absolute atomic E-state index is 9.42. The molecule has 88 valence electrons. The van der Waals surface area contributed by atoms with E-state index in [1.165, 1.54) is 24.8 Å². The Morgan fingerprint density at radius 3 is 2.47 bits per heavy atom. The third-order valence-corrected chi connectivity index (χ3v) is 3.89. The summed E-state index contributed by atoms with van der Waals surface area (Å²) in [6, 6.07) is 11.9. The minimum atomic E-state index is 0.168.